The smallest absolute Gasteiger partial charge is 0.410 e. The number of ether oxygens (including phenoxy) is 1. The second kappa shape index (κ2) is 6.36. The van der Waals surface area contributed by atoms with Crippen LogP contribution < -0.4 is 10.1 Å². The molecule has 0 unspecified atom stereocenters. The van der Waals surface area contributed by atoms with Crippen LogP contribution in [0.25, 0.3) is 5.69 Å². The van der Waals surface area contributed by atoms with Gasteiger partial charge in [-0.25, -0.2) is 9.78 Å². The zero-order chi connectivity index (χ0) is 16.2. The first-order valence-corrected chi connectivity index (χ1v) is 7.29. The van der Waals surface area contributed by atoms with Crippen LogP contribution in [0.3, 0.4) is 0 Å². The molecule has 5 nitrogen and oxygen atoms in total. The molecule has 0 saturated carbocycles. The van der Waals surface area contributed by atoms with Crippen molar-refractivity contribution in [2.24, 2.45) is 0 Å². The maximum absolute atomic E-state index is 12.1. The number of benzene rings is 2. The third-order valence-electron chi connectivity index (χ3n) is 3.36. The number of carbonyl (C=O) groups excluding carboxylic acids is 1. The Labute approximate surface area is 134 Å². The third-order valence-corrected chi connectivity index (χ3v) is 3.36. The van der Waals surface area contributed by atoms with E-state index >= 15 is 0 Å². The summed E-state index contributed by atoms with van der Waals surface area (Å²) in [5.74, 6) is 1.35. The van der Waals surface area contributed by atoms with Gasteiger partial charge < -0.3 is 9.30 Å². The van der Waals surface area contributed by atoms with Crippen LogP contribution in [-0.4, -0.2) is 15.6 Å². The van der Waals surface area contributed by atoms with E-state index in [1.54, 1.807) is 12.1 Å². The first kappa shape index (κ1) is 14.8. The van der Waals surface area contributed by atoms with E-state index in [9.17, 15) is 4.79 Å². The van der Waals surface area contributed by atoms with E-state index in [-0.39, 0.29) is 0 Å². The number of para-hydroxylation sites is 3. The molecular weight excluding hydrogens is 290 g/mol. The minimum atomic E-state index is -0.529. The molecule has 5 heteroatoms. The minimum Gasteiger partial charge on any atom is -0.410 e. The summed E-state index contributed by atoms with van der Waals surface area (Å²) in [7, 11) is 0. The largest absolute Gasteiger partial charge is 0.417 e. The molecule has 3 aromatic rings. The van der Waals surface area contributed by atoms with Crippen LogP contribution >= 0.6 is 0 Å². The monoisotopic (exact) mass is 307 g/mol. The molecule has 0 fully saturated rings. The van der Waals surface area contributed by atoms with Crippen molar-refractivity contribution in [3.05, 3.63) is 72.3 Å². The second-order valence-electron chi connectivity index (χ2n) is 5.14. The van der Waals surface area contributed by atoms with Crippen molar-refractivity contribution in [1.82, 2.24) is 9.55 Å². The number of hydrogen-bond donors (Lipinski definition) is 1. The number of nitrogens with zero attached hydrogens (tertiary/aromatic N) is 2. The maximum atomic E-state index is 12.1. The van der Waals surface area contributed by atoms with Gasteiger partial charge in [-0.3, -0.25) is 5.32 Å². The fraction of sp³-hybridized carbons (Fsp3) is 0.111. The maximum Gasteiger partial charge on any atom is 0.417 e. The number of anilines is 1. The Bertz CT molecular complexity index is 825. The molecule has 1 amide bonds. The minimum absolute atomic E-state index is 0.497. The molecule has 0 bridgehead atoms. The number of imidazole rings is 1. The molecule has 0 radical (unpaired) electrons. The van der Waals surface area contributed by atoms with Crippen LogP contribution in [0, 0.1) is 13.8 Å². The molecule has 0 aliphatic heterocycles. The zero-order valence-electron chi connectivity index (χ0n) is 13.0. The summed E-state index contributed by atoms with van der Waals surface area (Å²) in [5, 5.41) is 2.78. The van der Waals surface area contributed by atoms with Crippen molar-refractivity contribution in [3.8, 4) is 11.4 Å². The van der Waals surface area contributed by atoms with Crippen LogP contribution in [0.2, 0.25) is 0 Å². The molecule has 0 aliphatic carbocycles. The highest BCUT2D eigenvalue weighted by Gasteiger charge is 2.11. The van der Waals surface area contributed by atoms with Crippen LogP contribution in [0.1, 0.15) is 11.5 Å². The summed E-state index contributed by atoms with van der Waals surface area (Å²) in [6, 6.07) is 16.5. The average molecular weight is 307 g/mol. The molecule has 1 aromatic heterocycles. The molecule has 0 aliphatic rings. The Morgan fingerprint density at radius 3 is 2.43 bits per heavy atom. The van der Waals surface area contributed by atoms with Crippen LogP contribution in [0.5, 0.6) is 5.75 Å². The topological polar surface area (TPSA) is 56.2 Å². The zero-order valence-corrected chi connectivity index (χ0v) is 13.0. The molecule has 23 heavy (non-hydrogen) atoms. The Morgan fingerprint density at radius 1 is 1.04 bits per heavy atom. The van der Waals surface area contributed by atoms with Crippen molar-refractivity contribution >= 4 is 11.8 Å². The highest BCUT2D eigenvalue weighted by molar-refractivity contribution is 5.89. The number of amides is 1. The molecule has 0 saturated heterocycles. The lowest BCUT2D eigenvalue weighted by Crippen LogP contribution is -2.18. The highest BCUT2D eigenvalue weighted by Crippen LogP contribution is 2.22. The Balaban J connectivity index is 1.84. The molecule has 1 heterocycles. The fourth-order valence-electron chi connectivity index (χ4n) is 2.38. The molecule has 0 spiro atoms. The standard InChI is InChI=1S/C18H17N3O2/c1-13-12-21(14(2)19-13)17-11-7-6-10-16(17)20-18(22)23-15-8-4-3-5-9-15/h3-12H,1-2H3,(H,20,22). The Hall–Kier alpha value is -3.08. The summed E-state index contributed by atoms with van der Waals surface area (Å²) in [5.41, 5.74) is 2.42. The van der Waals surface area contributed by atoms with Crippen molar-refractivity contribution in [2.45, 2.75) is 13.8 Å². The second-order valence-corrected chi connectivity index (χ2v) is 5.14. The van der Waals surface area contributed by atoms with Crippen LogP contribution in [0.15, 0.2) is 60.8 Å². The predicted molar refractivity (Wildman–Crippen MR) is 89.1 cm³/mol. The highest BCUT2D eigenvalue weighted by atomic mass is 16.6. The van der Waals surface area contributed by atoms with E-state index < -0.39 is 6.09 Å². The van der Waals surface area contributed by atoms with E-state index in [1.807, 2.05) is 67.1 Å². The van der Waals surface area contributed by atoms with E-state index in [2.05, 4.69) is 10.3 Å². The van der Waals surface area contributed by atoms with Gasteiger partial charge in [-0.15, -0.1) is 0 Å². The summed E-state index contributed by atoms with van der Waals surface area (Å²) >= 11 is 0. The van der Waals surface area contributed by atoms with Crippen molar-refractivity contribution in [1.29, 1.82) is 0 Å². The lowest BCUT2D eigenvalue weighted by atomic mass is 10.2. The van der Waals surface area contributed by atoms with Crippen molar-refractivity contribution in [3.63, 3.8) is 0 Å². The van der Waals surface area contributed by atoms with Gasteiger partial charge in [0.15, 0.2) is 0 Å². The summed E-state index contributed by atoms with van der Waals surface area (Å²) < 4.78 is 7.21. The van der Waals surface area contributed by atoms with Gasteiger partial charge in [-0.05, 0) is 38.1 Å². The number of rotatable bonds is 3. The van der Waals surface area contributed by atoms with E-state index in [0.29, 0.717) is 11.4 Å². The molecule has 2 aromatic carbocycles. The number of nitrogens with one attached hydrogen (secondary N) is 1. The molecular formula is C18H17N3O2. The number of aryl methyl sites for hydroxylation is 2. The lowest BCUT2D eigenvalue weighted by Gasteiger charge is -2.13. The summed E-state index contributed by atoms with van der Waals surface area (Å²) in [6.45, 7) is 3.86. The van der Waals surface area contributed by atoms with Gasteiger partial charge >= 0.3 is 6.09 Å². The molecule has 1 N–H and O–H groups in total. The molecule has 116 valence electrons. The fourth-order valence-corrected chi connectivity index (χ4v) is 2.38. The first-order chi connectivity index (χ1) is 11.1. The van der Waals surface area contributed by atoms with Gasteiger partial charge in [0.1, 0.15) is 11.6 Å². The van der Waals surface area contributed by atoms with Gasteiger partial charge in [0.25, 0.3) is 0 Å². The van der Waals surface area contributed by atoms with Crippen molar-refractivity contribution < 1.29 is 9.53 Å². The normalized spacial score (nSPS) is 10.3. The number of aromatic nitrogens is 2. The van der Waals surface area contributed by atoms with Crippen LogP contribution in [0.4, 0.5) is 10.5 Å². The number of carbonyl (C=O) groups is 1. The number of hydrogen-bond acceptors (Lipinski definition) is 3. The summed E-state index contributed by atoms with van der Waals surface area (Å²) in [6.07, 6.45) is 1.40. The third kappa shape index (κ3) is 3.40. The van der Waals surface area contributed by atoms with Gasteiger partial charge in [0, 0.05) is 6.20 Å². The van der Waals surface area contributed by atoms with Gasteiger partial charge in [-0.1, -0.05) is 30.3 Å². The van der Waals surface area contributed by atoms with Gasteiger partial charge in [0.05, 0.1) is 17.1 Å². The first-order valence-electron chi connectivity index (χ1n) is 7.29. The predicted octanol–water partition coefficient (Wildman–Crippen LogP) is 4.10. The van der Waals surface area contributed by atoms with E-state index in [1.165, 1.54) is 0 Å². The Kier molecular flexibility index (Phi) is 4.10. The molecule has 0 atom stereocenters. The Morgan fingerprint density at radius 2 is 1.74 bits per heavy atom. The average Bonchev–Trinajstić information content (AvgIpc) is 2.87. The van der Waals surface area contributed by atoms with E-state index in [0.717, 1.165) is 17.2 Å². The summed E-state index contributed by atoms with van der Waals surface area (Å²) in [4.78, 5) is 16.5. The van der Waals surface area contributed by atoms with Gasteiger partial charge in [0.2, 0.25) is 0 Å². The SMILES string of the molecule is Cc1cn(-c2ccccc2NC(=O)Oc2ccccc2)c(C)n1. The van der Waals surface area contributed by atoms with E-state index in [4.69, 9.17) is 4.74 Å². The quantitative estimate of drug-likeness (QED) is 0.792. The molecule has 3 rings (SSSR count). The van der Waals surface area contributed by atoms with Gasteiger partial charge in [-0.2, -0.15) is 0 Å². The van der Waals surface area contributed by atoms with Crippen LogP contribution in [-0.2, 0) is 0 Å². The van der Waals surface area contributed by atoms with Crippen molar-refractivity contribution in [2.75, 3.05) is 5.32 Å². The lowest BCUT2D eigenvalue weighted by molar-refractivity contribution is 0.215.